The van der Waals surface area contributed by atoms with Crippen molar-refractivity contribution in [1.82, 2.24) is 15.1 Å². The molecule has 0 heterocycles. The van der Waals surface area contributed by atoms with Crippen molar-refractivity contribution in [1.29, 1.82) is 0 Å². The Morgan fingerprint density at radius 3 is 1.85 bits per heavy atom. The fraction of sp³-hybridized carbons (Fsp3) is 0.556. The summed E-state index contributed by atoms with van der Waals surface area (Å²) in [5.74, 6) is -2.88. The third-order valence-electron chi connectivity index (χ3n) is 9.18. The molecule has 0 saturated carbocycles. The van der Waals surface area contributed by atoms with E-state index >= 15 is 0 Å². The zero-order valence-corrected chi connectivity index (χ0v) is 28.7. The lowest BCUT2D eigenvalue weighted by Crippen LogP contribution is -2.60. The maximum Gasteiger partial charge on any atom is 0.410 e. The number of ether oxygens (including phenoxy) is 2. The molecule has 1 aliphatic carbocycles. The summed E-state index contributed by atoms with van der Waals surface area (Å²) in [4.78, 5) is 55.7. The van der Waals surface area contributed by atoms with Gasteiger partial charge >= 0.3 is 12.1 Å². The van der Waals surface area contributed by atoms with Gasteiger partial charge in [-0.1, -0.05) is 96.5 Å². The lowest BCUT2D eigenvalue weighted by atomic mass is 9.94. The topological polar surface area (TPSA) is 125 Å². The first-order valence-corrected chi connectivity index (χ1v) is 16.1. The minimum atomic E-state index is -1.24. The number of nitrogens with one attached hydrogen (secondary N) is 1. The molecule has 252 valence electrons. The number of likely N-dealkylation sites (N-methyl/N-ethyl adjacent to an activating group) is 2. The number of nitrogens with zero attached hydrogens (tertiary/aromatic N) is 2. The highest BCUT2D eigenvalue weighted by Crippen LogP contribution is 2.44. The molecule has 0 aromatic heterocycles. The summed E-state index contributed by atoms with van der Waals surface area (Å²) < 4.78 is 11.4. The van der Waals surface area contributed by atoms with Crippen molar-refractivity contribution in [3.63, 3.8) is 0 Å². The number of carboxylic acids is 1. The first-order valence-electron chi connectivity index (χ1n) is 16.1. The van der Waals surface area contributed by atoms with E-state index in [-0.39, 0.29) is 30.3 Å². The quantitative estimate of drug-likeness (QED) is 0.268. The van der Waals surface area contributed by atoms with Crippen molar-refractivity contribution in [2.45, 2.75) is 84.5 Å². The first-order chi connectivity index (χ1) is 21.7. The second-order valence-electron chi connectivity index (χ2n) is 13.1. The molecule has 10 nitrogen and oxygen atoms in total. The lowest BCUT2D eigenvalue weighted by Gasteiger charge is -2.36. The van der Waals surface area contributed by atoms with Crippen LogP contribution in [0.5, 0.6) is 0 Å². The van der Waals surface area contributed by atoms with Crippen LogP contribution in [-0.2, 0) is 23.9 Å². The van der Waals surface area contributed by atoms with Crippen LogP contribution in [0.15, 0.2) is 48.5 Å². The van der Waals surface area contributed by atoms with Crippen molar-refractivity contribution in [2.75, 3.05) is 27.8 Å². The molecule has 0 bridgehead atoms. The van der Waals surface area contributed by atoms with E-state index in [1.165, 1.54) is 26.1 Å². The van der Waals surface area contributed by atoms with Crippen LogP contribution < -0.4 is 5.32 Å². The summed E-state index contributed by atoms with van der Waals surface area (Å²) in [5, 5.41) is 12.9. The van der Waals surface area contributed by atoms with Gasteiger partial charge in [0.15, 0.2) is 6.04 Å². The van der Waals surface area contributed by atoms with Gasteiger partial charge in [-0.25, -0.2) is 9.59 Å². The molecule has 0 aliphatic heterocycles. The predicted molar refractivity (Wildman–Crippen MR) is 177 cm³/mol. The highest BCUT2D eigenvalue weighted by Gasteiger charge is 2.41. The van der Waals surface area contributed by atoms with E-state index in [4.69, 9.17) is 9.47 Å². The Bertz CT molecular complexity index is 1330. The molecule has 0 radical (unpaired) electrons. The Morgan fingerprint density at radius 1 is 0.848 bits per heavy atom. The summed E-state index contributed by atoms with van der Waals surface area (Å²) in [5.41, 5.74) is 4.39. The molecule has 0 fully saturated rings. The second kappa shape index (κ2) is 16.1. The number of aliphatic carboxylic acids is 1. The number of carboxylic acid groups (broad SMARTS) is 1. The molecule has 3 unspecified atom stereocenters. The number of hydrogen-bond donors (Lipinski definition) is 2. The van der Waals surface area contributed by atoms with E-state index in [2.05, 4.69) is 17.4 Å². The van der Waals surface area contributed by atoms with E-state index in [0.717, 1.165) is 33.6 Å². The van der Waals surface area contributed by atoms with Crippen LogP contribution in [-0.4, -0.2) is 90.8 Å². The summed E-state index contributed by atoms with van der Waals surface area (Å²) in [6, 6.07) is 12.9. The highest BCUT2D eigenvalue weighted by atomic mass is 16.6. The Kier molecular flexibility index (Phi) is 12.8. The fourth-order valence-electron chi connectivity index (χ4n) is 6.34. The molecular weight excluding hydrogens is 586 g/mol. The Morgan fingerprint density at radius 2 is 1.39 bits per heavy atom. The van der Waals surface area contributed by atoms with E-state index < -0.39 is 48.1 Å². The zero-order valence-electron chi connectivity index (χ0n) is 28.7. The van der Waals surface area contributed by atoms with Gasteiger partial charge in [-0.05, 0) is 46.4 Å². The van der Waals surface area contributed by atoms with Crippen LogP contribution in [0.2, 0.25) is 0 Å². The van der Waals surface area contributed by atoms with Gasteiger partial charge in [0.1, 0.15) is 18.7 Å². The summed E-state index contributed by atoms with van der Waals surface area (Å²) >= 11 is 0. The fourth-order valence-corrected chi connectivity index (χ4v) is 6.34. The van der Waals surface area contributed by atoms with E-state index in [9.17, 15) is 24.3 Å². The van der Waals surface area contributed by atoms with Crippen molar-refractivity contribution in [2.24, 2.45) is 17.8 Å². The predicted octanol–water partition coefficient (Wildman–Crippen LogP) is 5.40. The maximum absolute atomic E-state index is 13.8. The molecule has 1 aliphatic rings. The normalized spacial score (nSPS) is 15.7. The molecule has 3 rings (SSSR count). The van der Waals surface area contributed by atoms with Gasteiger partial charge in [-0.15, -0.1) is 0 Å². The summed E-state index contributed by atoms with van der Waals surface area (Å²) in [6.07, 6.45) is -0.0876. The third-order valence-corrected chi connectivity index (χ3v) is 9.18. The molecule has 2 aromatic carbocycles. The van der Waals surface area contributed by atoms with E-state index in [1.807, 2.05) is 64.1 Å². The average molecular weight is 638 g/mol. The van der Waals surface area contributed by atoms with Gasteiger partial charge in [0.25, 0.3) is 0 Å². The monoisotopic (exact) mass is 637 g/mol. The van der Waals surface area contributed by atoms with Gasteiger partial charge < -0.3 is 24.8 Å². The van der Waals surface area contributed by atoms with Crippen molar-refractivity contribution >= 4 is 23.9 Å². The number of amides is 3. The van der Waals surface area contributed by atoms with Crippen LogP contribution in [0.4, 0.5) is 4.79 Å². The van der Waals surface area contributed by atoms with Crippen LogP contribution in [0.3, 0.4) is 0 Å². The maximum atomic E-state index is 13.8. The summed E-state index contributed by atoms with van der Waals surface area (Å²) in [6.45, 7) is 11.3. The smallest absolute Gasteiger partial charge is 0.410 e. The minimum absolute atomic E-state index is 0.107. The van der Waals surface area contributed by atoms with Gasteiger partial charge in [-0.3, -0.25) is 14.5 Å². The van der Waals surface area contributed by atoms with Crippen LogP contribution in [0, 0.1) is 17.8 Å². The molecule has 46 heavy (non-hydrogen) atoms. The SMILES string of the molecule is CCC(C)CC(OC)[C@@H](C(=O)O)N(C)C(=O)[C@@H](NC(=O)C(C(C)C)N(C)C(=O)OCC1c2ccccc2-c2ccccc21)C(C)C. The van der Waals surface area contributed by atoms with Crippen LogP contribution in [0.25, 0.3) is 11.1 Å². The number of rotatable bonds is 15. The van der Waals surface area contributed by atoms with Gasteiger partial charge in [0.05, 0.1) is 6.10 Å². The Hall–Kier alpha value is -3.92. The minimum Gasteiger partial charge on any atom is -0.480 e. The number of fused-ring (bicyclic) bond motifs is 3. The van der Waals surface area contributed by atoms with Gasteiger partial charge in [0.2, 0.25) is 11.8 Å². The molecular formula is C36H51N3O7. The van der Waals surface area contributed by atoms with Crippen molar-refractivity contribution < 1.29 is 33.8 Å². The van der Waals surface area contributed by atoms with Crippen molar-refractivity contribution in [3.05, 3.63) is 59.7 Å². The highest BCUT2D eigenvalue weighted by molar-refractivity contribution is 5.93. The molecule has 2 aromatic rings. The van der Waals surface area contributed by atoms with Gasteiger partial charge in [-0.2, -0.15) is 0 Å². The molecule has 0 saturated heterocycles. The third kappa shape index (κ3) is 8.07. The Labute approximate surface area is 273 Å². The average Bonchev–Trinajstić information content (AvgIpc) is 3.34. The van der Waals surface area contributed by atoms with E-state index in [1.54, 1.807) is 13.8 Å². The number of benzene rings is 2. The number of carbonyl (C=O) groups excluding carboxylic acids is 3. The van der Waals surface area contributed by atoms with Gasteiger partial charge in [0, 0.05) is 27.1 Å². The first kappa shape index (κ1) is 36.5. The number of methoxy groups -OCH3 is 1. The molecule has 5 atom stereocenters. The summed E-state index contributed by atoms with van der Waals surface area (Å²) in [7, 11) is 4.38. The Balaban J connectivity index is 1.75. The number of carbonyl (C=O) groups is 4. The van der Waals surface area contributed by atoms with Crippen LogP contribution >= 0.6 is 0 Å². The molecule has 10 heteroatoms. The molecule has 2 N–H and O–H groups in total. The number of hydrogen-bond acceptors (Lipinski definition) is 6. The van der Waals surface area contributed by atoms with E-state index in [0.29, 0.717) is 6.42 Å². The van der Waals surface area contributed by atoms with Crippen molar-refractivity contribution in [3.8, 4) is 11.1 Å². The second-order valence-corrected chi connectivity index (χ2v) is 13.1. The molecule has 0 spiro atoms. The largest absolute Gasteiger partial charge is 0.480 e. The lowest BCUT2D eigenvalue weighted by molar-refractivity contribution is -0.157. The zero-order chi connectivity index (χ0) is 34.3. The molecule has 3 amide bonds. The van der Waals surface area contributed by atoms with Crippen LogP contribution in [0.1, 0.15) is 71.4 Å². The standard InChI is InChI=1S/C36H51N3O7/c1-10-23(6)19-29(45-9)32(35(42)43)38(7)34(41)30(21(2)3)37-33(40)31(22(4)5)39(8)36(44)46-20-28-26-17-13-11-15-24(26)25-16-12-14-18-27(25)28/h11-18,21-23,28-32H,10,19-20H2,1-9H3,(H,37,40)(H,42,43)/t23?,29?,30-,31?,32-/m0/s1.